The molecule has 0 amide bonds. The maximum atomic E-state index is 12.8. The van der Waals surface area contributed by atoms with Crippen LogP contribution < -0.4 is 15.0 Å². The lowest BCUT2D eigenvalue weighted by Gasteiger charge is -2.41. The fraction of sp³-hybridized carbons (Fsp3) is 0.400. The van der Waals surface area contributed by atoms with Crippen molar-refractivity contribution in [2.75, 3.05) is 63.3 Å². The smallest absolute Gasteiger partial charge is 0.366 e. The Balaban J connectivity index is 1.26. The summed E-state index contributed by atoms with van der Waals surface area (Å²) in [7, 11) is -2.46. The molecule has 1 N–H and O–H groups in total. The standard InChI is InChI=1S/C30H34Cl2N6O5S/c1-3-43-44(39,40)38-19-22(21-6-4-5-7-26(21)38)29-24(32)18-33-30(35-29)34-25-16-23(31)27(17-28(25)41-2)37-10-8-20(9-11-37)36-12-14-42-15-13-36/h4-7,16-20H,3,8-15H2,1-2H3,(H,33,34,35). The van der Waals surface area contributed by atoms with Crippen LogP contribution in [0, 0.1) is 0 Å². The number of para-hydroxylation sites is 1. The molecule has 2 aromatic carbocycles. The number of morpholine rings is 1. The number of methoxy groups -OCH3 is 1. The van der Waals surface area contributed by atoms with E-state index in [1.807, 2.05) is 18.2 Å². The van der Waals surface area contributed by atoms with Gasteiger partial charge in [-0.3, -0.25) is 9.08 Å². The van der Waals surface area contributed by atoms with Gasteiger partial charge in [-0.25, -0.2) is 13.9 Å². The zero-order chi connectivity index (χ0) is 30.8. The first-order valence-corrected chi connectivity index (χ1v) is 16.7. The van der Waals surface area contributed by atoms with Gasteiger partial charge in [-0.1, -0.05) is 41.4 Å². The molecule has 234 valence electrons. The number of ether oxygens (including phenoxy) is 2. The third-order valence-electron chi connectivity index (χ3n) is 8.07. The molecule has 4 aromatic rings. The molecular formula is C30H34Cl2N6O5S. The summed E-state index contributed by atoms with van der Waals surface area (Å²) in [5, 5.41) is 4.69. The number of halogens is 2. The van der Waals surface area contributed by atoms with E-state index in [1.165, 1.54) is 12.4 Å². The fourth-order valence-corrected chi connectivity index (χ4v) is 7.45. The van der Waals surface area contributed by atoms with Crippen LogP contribution >= 0.6 is 23.2 Å². The van der Waals surface area contributed by atoms with Gasteiger partial charge in [0, 0.05) is 55.4 Å². The van der Waals surface area contributed by atoms with Gasteiger partial charge in [-0.2, -0.15) is 8.42 Å². The average molecular weight is 662 g/mol. The Labute approximate surface area is 266 Å². The summed E-state index contributed by atoms with van der Waals surface area (Å²) in [4.78, 5) is 13.9. The van der Waals surface area contributed by atoms with Gasteiger partial charge >= 0.3 is 10.3 Å². The first kappa shape index (κ1) is 30.9. The molecule has 6 rings (SSSR count). The summed E-state index contributed by atoms with van der Waals surface area (Å²) in [6.07, 6.45) is 5.04. The number of benzene rings is 2. The molecule has 0 radical (unpaired) electrons. The van der Waals surface area contributed by atoms with E-state index in [0.29, 0.717) is 44.7 Å². The van der Waals surface area contributed by atoms with Gasteiger partial charge in [0.1, 0.15) is 5.75 Å². The first-order valence-electron chi connectivity index (χ1n) is 14.5. The molecule has 0 unspecified atom stereocenters. The number of hydrogen-bond donors (Lipinski definition) is 1. The number of fused-ring (bicyclic) bond motifs is 1. The molecule has 2 aliphatic rings. The van der Waals surface area contributed by atoms with Crippen LogP contribution in [0.1, 0.15) is 19.8 Å². The molecule has 2 fully saturated rings. The lowest BCUT2D eigenvalue weighted by molar-refractivity contribution is 0.0115. The highest BCUT2D eigenvalue weighted by molar-refractivity contribution is 7.85. The van der Waals surface area contributed by atoms with E-state index in [-0.39, 0.29) is 17.6 Å². The van der Waals surface area contributed by atoms with E-state index in [9.17, 15) is 8.42 Å². The van der Waals surface area contributed by atoms with Crippen LogP contribution in [0.3, 0.4) is 0 Å². The summed E-state index contributed by atoms with van der Waals surface area (Å²) < 4.78 is 43.1. The maximum absolute atomic E-state index is 12.8. The minimum atomic E-state index is -4.06. The lowest BCUT2D eigenvalue weighted by atomic mass is 10.0. The van der Waals surface area contributed by atoms with E-state index in [2.05, 4.69) is 25.1 Å². The molecule has 2 aliphatic heterocycles. The number of rotatable bonds is 9. The molecule has 0 atom stereocenters. The quantitative estimate of drug-likeness (QED) is 0.244. The fourth-order valence-electron chi connectivity index (χ4n) is 5.93. The number of aromatic nitrogens is 3. The molecule has 0 bridgehead atoms. The van der Waals surface area contributed by atoms with Gasteiger partial charge < -0.3 is 19.7 Å². The van der Waals surface area contributed by atoms with Crippen LogP contribution in [0.5, 0.6) is 5.75 Å². The summed E-state index contributed by atoms with van der Waals surface area (Å²) in [5.74, 6) is 0.821. The Morgan fingerprint density at radius 3 is 2.55 bits per heavy atom. The molecule has 2 saturated heterocycles. The summed E-state index contributed by atoms with van der Waals surface area (Å²) >= 11 is 13.4. The summed E-state index contributed by atoms with van der Waals surface area (Å²) in [6, 6.07) is 11.4. The van der Waals surface area contributed by atoms with Gasteiger partial charge in [0.15, 0.2) is 0 Å². The number of piperidine rings is 1. The van der Waals surface area contributed by atoms with Crippen molar-refractivity contribution in [2.24, 2.45) is 0 Å². The van der Waals surface area contributed by atoms with Crippen molar-refractivity contribution in [3.05, 3.63) is 58.8 Å². The minimum absolute atomic E-state index is 0.00239. The molecule has 44 heavy (non-hydrogen) atoms. The van der Waals surface area contributed by atoms with E-state index >= 15 is 0 Å². The van der Waals surface area contributed by atoms with E-state index < -0.39 is 10.3 Å². The van der Waals surface area contributed by atoms with Crippen LogP contribution in [-0.4, -0.2) is 86.4 Å². The van der Waals surface area contributed by atoms with Crippen molar-refractivity contribution in [3.63, 3.8) is 0 Å². The van der Waals surface area contributed by atoms with Gasteiger partial charge in [0.2, 0.25) is 5.95 Å². The lowest BCUT2D eigenvalue weighted by Crippen LogP contribution is -2.49. The van der Waals surface area contributed by atoms with E-state index in [0.717, 1.165) is 61.9 Å². The summed E-state index contributed by atoms with van der Waals surface area (Å²) in [6.45, 7) is 6.99. The second-order valence-electron chi connectivity index (χ2n) is 10.6. The third kappa shape index (κ3) is 6.19. The highest BCUT2D eigenvalue weighted by Gasteiger charge is 2.28. The minimum Gasteiger partial charge on any atom is -0.494 e. The maximum Gasteiger partial charge on any atom is 0.366 e. The SMILES string of the molecule is CCOS(=O)(=O)n1cc(-c2nc(Nc3cc(Cl)c(N4CCC(N5CCOCC5)CC4)cc3OC)ncc2Cl)c2ccccc21. The summed E-state index contributed by atoms with van der Waals surface area (Å²) in [5.41, 5.74) is 2.81. The van der Waals surface area contributed by atoms with Crippen LogP contribution in [0.15, 0.2) is 48.8 Å². The van der Waals surface area contributed by atoms with Gasteiger partial charge in [0.25, 0.3) is 0 Å². The van der Waals surface area contributed by atoms with Gasteiger partial charge in [-0.15, -0.1) is 0 Å². The van der Waals surface area contributed by atoms with Gasteiger partial charge in [0.05, 0.1) is 65.8 Å². The van der Waals surface area contributed by atoms with Crippen LogP contribution in [-0.2, 0) is 19.2 Å². The molecule has 11 nitrogen and oxygen atoms in total. The Hall–Kier alpha value is -3.13. The molecular weight excluding hydrogens is 627 g/mol. The van der Waals surface area contributed by atoms with Crippen molar-refractivity contribution in [3.8, 4) is 17.0 Å². The second kappa shape index (κ2) is 13.1. The number of nitrogens with one attached hydrogen (secondary N) is 1. The average Bonchev–Trinajstić information content (AvgIpc) is 3.43. The van der Waals surface area contributed by atoms with Crippen molar-refractivity contribution >= 4 is 61.7 Å². The molecule has 0 aliphatic carbocycles. The Bertz CT molecular complexity index is 1750. The van der Waals surface area contributed by atoms with E-state index in [4.69, 9.17) is 36.9 Å². The molecule has 14 heteroatoms. The largest absolute Gasteiger partial charge is 0.494 e. The molecule has 0 saturated carbocycles. The van der Waals surface area contributed by atoms with Crippen molar-refractivity contribution in [1.82, 2.24) is 18.8 Å². The van der Waals surface area contributed by atoms with Crippen molar-refractivity contribution < 1.29 is 22.1 Å². The van der Waals surface area contributed by atoms with E-state index in [1.54, 1.807) is 32.2 Å². The zero-order valence-electron chi connectivity index (χ0n) is 24.5. The number of hydrogen-bond acceptors (Lipinski definition) is 10. The number of nitrogens with zero attached hydrogens (tertiary/aromatic N) is 5. The topological polar surface area (TPSA) is 111 Å². The first-order chi connectivity index (χ1) is 21.3. The zero-order valence-corrected chi connectivity index (χ0v) is 26.8. The molecule has 2 aromatic heterocycles. The van der Waals surface area contributed by atoms with Gasteiger partial charge in [-0.05, 0) is 31.9 Å². The molecule has 0 spiro atoms. The van der Waals surface area contributed by atoms with Crippen LogP contribution in [0.25, 0.3) is 22.2 Å². The predicted molar refractivity (Wildman–Crippen MR) is 173 cm³/mol. The number of anilines is 3. The van der Waals surface area contributed by atoms with Crippen LogP contribution in [0.4, 0.5) is 17.3 Å². The highest BCUT2D eigenvalue weighted by atomic mass is 35.5. The van der Waals surface area contributed by atoms with Crippen LogP contribution in [0.2, 0.25) is 10.0 Å². The highest BCUT2D eigenvalue weighted by Crippen LogP contribution is 2.40. The molecule has 4 heterocycles. The monoisotopic (exact) mass is 660 g/mol. The third-order valence-corrected chi connectivity index (χ3v) is 9.96. The second-order valence-corrected chi connectivity index (χ2v) is 12.9. The van der Waals surface area contributed by atoms with Crippen molar-refractivity contribution in [2.45, 2.75) is 25.8 Å². The van der Waals surface area contributed by atoms with Crippen molar-refractivity contribution in [1.29, 1.82) is 0 Å². The normalized spacial score (nSPS) is 16.9. The Morgan fingerprint density at radius 1 is 1.07 bits per heavy atom. The Kier molecular flexibility index (Phi) is 9.18. The Morgan fingerprint density at radius 2 is 1.82 bits per heavy atom. The predicted octanol–water partition coefficient (Wildman–Crippen LogP) is 5.59.